The van der Waals surface area contributed by atoms with Crippen LogP contribution in [0.4, 0.5) is 20.6 Å². The first kappa shape index (κ1) is 24.6. The van der Waals surface area contributed by atoms with Gasteiger partial charge in [-0.3, -0.25) is 9.59 Å². The number of methoxy groups -OCH3 is 1. The molecule has 0 atom stereocenters. The number of amides is 4. The Kier molecular flexibility index (Phi) is 6.82. The van der Waals surface area contributed by atoms with Gasteiger partial charge in [0, 0.05) is 6.42 Å². The summed E-state index contributed by atoms with van der Waals surface area (Å²) in [7, 11) is 1.50. The van der Waals surface area contributed by atoms with Gasteiger partial charge >= 0.3 is 6.03 Å². The first-order valence-electron chi connectivity index (χ1n) is 11.9. The molecule has 0 N–H and O–H groups in total. The van der Waals surface area contributed by atoms with Gasteiger partial charge in [0.25, 0.3) is 11.8 Å². The number of hydrogen-bond donors (Lipinski definition) is 0. The van der Waals surface area contributed by atoms with Crippen molar-refractivity contribution in [1.29, 1.82) is 0 Å². The monoisotopic (exact) mass is 506 g/mol. The van der Waals surface area contributed by atoms with Crippen molar-refractivity contribution in [2.45, 2.75) is 6.42 Å². The average molecular weight is 507 g/mol. The highest BCUT2D eigenvalue weighted by molar-refractivity contribution is 6.46. The standard InChI is InChI=1S/C31H23FN2O4/c1-38-28-19-21(16-17-23(28)20-22-10-8-9-15-27(22)32)18-26-29(35)33(24-11-4-2-5-12-24)31(37)34(30(26)36)25-13-6-3-7-14-25/h2-19H,20H2,1H3. The molecule has 0 aromatic heterocycles. The molecule has 0 saturated carbocycles. The Hall–Kier alpha value is -5.04. The Morgan fingerprint density at radius 2 is 1.26 bits per heavy atom. The Morgan fingerprint density at radius 3 is 1.82 bits per heavy atom. The Balaban J connectivity index is 1.56. The fraction of sp³-hybridized carbons (Fsp3) is 0.0645. The largest absolute Gasteiger partial charge is 0.496 e. The first-order valence-corrected chi connectivity index (χ1v) is 11.9. The number of barbiturate groups is 1. The molecule has 38 heavy (non-hydrogen) atoms. The molecule has 5 rings (SSSR count). The van der Waals surface area contributed by atoms with E-state index in [9.17, 15) is 18.8 Å². The highest BCUT2D eigenvalue weighted by atomic mass is 19.1. The van der Waals surface area contributed by atoms with Gasteiger partial charge in [0.15, 0.2) is 0 Å². The van der Waals surface area contributed by atoms with Crippen molar-refractivity contribution in [3.8, 4) is 5.75 Å². The highest BCUT2D eigenvalue weighted by Crippen LogP contribution is 2.31. The molecule has 7 heteroatoms. The van der Waals surface area contributed by atoms with Crippen molar-refractivity contribution in [2.75, 3.05) is 16.9 Å². The fourth-order valence-electron chi connectivity index (χ4n) is 4.35. The number of hydrogen-bond acceptors (Lipinski definition) is 4. The van der Waals surface area contributed by atoms with Crippen molar-refractivity contribution in [3.05, 3.63) is 131 Å². The second kappa shape index (κ2) is 10.5. The molecular formula is C31H23FN2O4. The van der Waals surface area contributed by atoms with E-state index in [4.69, 9.17) is 4.74 Å². The topological polar surface area (TPSA) is 66.9 Å². The van der Waals surface area contributed by atoms with Crippen LogP contribution in [0.15, 0.2) is 109 Å². The number of nitrogens with zero attached hydrogens (tertiary/aromatic N) is 2. The minimum Gasteiger partial charge on any atom is -0.496 e. The molecule has 4 aromatic carbocycles. The maximum atomic E-state index is 14.2. The van der Waals surface area contributed by atoms with Crippen molar-refractivity contribution in [3.63, 3.8) is 0 Å². The highest BCUT2D eigenvalue weighted by Gasteiger charge is 2.43. The second-order valence-corrected chi connectivity index (χ2v) is 8.63. The predicted molar refractivity (Wildman–Crippen MR) is 143 cm³/mol. The van der Waals surface area contributed by atoms with Crippen LogP contribution < -0.4 is 14.5 Å². The zero-order valence-electron chi connectivity index (χ0n) is 20.5. The van der Waals surface area contributed by atoms with Gasteiger partial charge in [-0.1, -0.05) is 66.7 Å². The molecule has 4 aromatic rings. The number of imide groups is 2. The molecule has 0 aliphatic carbocycles. The third kappa shape index (κ3) is 4.69. The summed E-state index contributed by atoms with van der Waals surface area (Å²) in [4.78, 5) is 42.5. The summed E-state index contributed by atoms with van der Waals surface area (Å²) >= 11 is 0. The number of carbonyl (C=O) groups excluding carboxylic acids is 3. The summed E-state index contributed by atoms with van der Waals surface area (Å²) < 4.78 is 19.8. The van der Waals surface area contributed by atoms with E-state index in [1.54, 1.807) is 97.1 Å². The van der Waals surface area contributed by atoms with Crippen LogP contribution in [0.2, 0.25) is 0 Å². The minimum absolute atomic E-state index is 0.179. The van der Waals surface area contributed by atoms with E-state index >= 15 is 0 Å². The molecule has 1 saturated heterocycles. The van der Waals surface area contributed by atoms with Crippen LogP contribution in [0.25, 0.3) is 6.08 Å². The smallest absolute Gasteiger partial charge is 0.343 e. The third-order valence-corrected chi connectivity index (χ3v) is 6.24. The minimum atomic E-state index is -0.757. The summed E-state index contributed by atoms with van der Waals surface area (Å²) in [5, 5.41) is 0. The van der Waals surface area contributed by atoms with Crippen LogP contribution >= 0.6 is 0 Å². The van der Waals surface area contributed by atoms with Gasteiger partial charge < -0.3 is 4.74 Å². The van der Waals surface area contributed by atoms with Crippen LogP contribution in [0.5, 0.6) is 5.75 Å². The van der Waals surface area contributed by atoms with Gasteiger partial charge in [0.2, 0.25) is 0 Å². The Labute approximate surface area is 219 Å². The maximum absolute atomic E-state index is 14.2. The molecule has 1 aliphatic rings. The molecule has 0 radical (unpaired) electrons. The van der Waals surface area contributed by atoms with E-state index in [2.05, 4.69) is 0 Å². The van der Waals surface area contributed by atoms with Crippen molar-refractivity contribution < 1.29 is 23.5 Å². The predicted octanol–water partition coefficient (Wildman–Crippen LogP) is 6.01. The first-order chi connectivity index (χ1) is 18.5. The number of anilines is 2. The van der Waals surface area contributed by atoms with Gasteiger partial charge in [-0.15, -0.1) is 0 Å². The van der Waals surface area contributed by atoms with Gasteiger partial charge in [-0.25, -0.2) is 19.0 Å². The van der Waals surface area contributed by atoms with Gasteiger partial charge in [0.05, 0.1) is 18.5 Å². The lowest BCUT2D eigenvalue weighted by molar-refractivity contribution is -0.121. The van der Waals surface area contributed by atoms with Crippen molar-refractivity contribution in [2.24, 2.45) is 0 Å². The fourth-order valence-corrected chi connectivity index (χ4v) is 4.35. The number of benzene rings is 4. The lowest BCUT2D eigenvalue weighted by Gasteiger charge is -2.33. The van der Waals surface area contributed by atoms with Crippen LogP contribution in [0.1, 0.15) is 16.7 Å². The lowest BCUT2D eigenvalue weighted by Crippen LogP contribution is -2.57. The van der Waals surface area contributed by atoms with Crippen molar-refractivity contribution >= 4 is 35.3 Å². The van der Waals surface area contributed by atoms with Crippen LogP contribution in [-0.2, 0) is 16.0 Å². The molecule has 4 amide bonds. The normalized spacial score (nSPS) is 13.6. The zero-order valence-corrected chi connectivity index (χ0v) is 20.5. The van der Waals surface area contributed by atoms with E-state index in [0.29, 0.717) is 34.7 Å². The van der Waals surface area contributed by atoms with E-state index in [1.807, 2.05) is 0 Å². The van der Waals surface area contributed by atoms with Gasteiger partial charge in [-0.2, -0.15) is 0 Å². The Morgan fingerprint density at radius 1 is 0.711 bits per heavy atom. The molecule has 1 heterocycles. The molecule has 6 nitrogen and oxygen atoms in total. The maximum Gasteiger partial charge on any atom is 0.343 e. The van der Waals surface area contributed by atoms with E-state index in [1.165, 1.54) is 19.3 Å². The van der Waals surface area contributed by atoms with Gasteiger partial charge in [0.1, 0.15) is 17.1 Å². The third-order valence-electron chi connectivity index (χ3n) is 6.24. The zero-order chi connectivity index (χ0) is 26.6. The molecule has 0 spiro atoms. The number of carbonyl (C=O) groups is 3. The molecular weight excluding hydrogens is 483 g/mol. The van der Waals surface area contributed by atoms with E-state index < -0.39 is 17.8 Å². The summed E-state index contributed by atoms with van der Waals surface area (Å²) in [5.41, 5.74) is 2.30. The lowest BCUT2D eigenvalue weighted by atomic mass is 10.00. The van der Waals surface area contributed by atoms with E-state index in [0.717, 1.165) is 15.4 Å². The quantitative estimate of drug-likeness (QED) is 0.237. The molecule has 0 bridgehead atoms. The molecule has 1 fully saturated rings. The van der Waals surface area contributed by atoms with Crippen LogP contribution in [0, 0.1) is 5.82 Å². The summed E-state index contributed by atoms with van der Waals surface area (Å²) in [5.74, 6) is -1.29. The number of urea groups is 1. The van der Waals surface area contributed by atoms with Gasteiger partial charge in [-0.05, 0) is 59.2 Å². The summed E-state index contributed by atoms with van der Waals surface area (Å²) in [6.07, 6.45) is 1.75. The van der Waals surface area contributed by atoms with Crippen LogP contribution in [-0.4, -0.2) is 25.0 Å². The molecule has 188 valence electrons. The summed E-state index contributed by atoms with van der Waals surface area (Å²) in [6.45, 7) is 0. The summed E-state index contributed by atoms with van der Waals surface area (Å²) in [6, 6.07) is 27.8. The van der Waals surface area contributed by atoms with Crippen LogP contribution in [0.3, 0.4) is 0 Å². The average Bonchev–Trinajstić information content (AvgIpc) is 2.94. The van der Waals surface area contributed by atoms with Crippen molar-refractivity contribution in [1.82, 2.24) is 0 Å². The number of halogens is 1. The SMILES string of the molecule is COc1cc(C=C2C(=O)N(c3ccccc3)C(=O)N(c3ccccc3)C2=O)ccc1Cc1ccccc1F. The number of ether oxygens (including phenoxy) is 1. The second-order valence-electron chi connectivity index (χ2n) is 8.63. The molecule has 0 unspecified atom stereocenters. The van der Waals surface area contributed by atoms with E-state index in [-0.39, 0.29) is 11.4 Å². The number of rotatable bonds is 6. The molecule has 1 aliphatic heterocycles. The Bertz CT molecular complexity index is 1490. The number of para-hydroxylation sites is 2.